The Morgan fingerprint density at radius 2 is 1.76 bits per heavy atom. The van der Waals surface area contributed by atoms with Crippen LogP contribution < -0.4 is 19.1 Å². The van der Waals surface area contributed by atoms with Gasteiger partial charge in [0, 0.05) is 16.4 Å². The van der Waals surface area contributed by atoms with E-state index in [9.17, 15) is 19.6 Å². The molecule has 8 rings (SSSR count). The van der Waals surface area contributed by atoms with Crippen LogP contribution in [0.25, 0.3) is 5.57 Å². The van der Waals surface area contributed by atoms with Crippen LogP contribution >= 0.6 is 11.3 Å². The molecule has 2 aromatic carbocycles. The molecule has 0 bridgehead atoms. The number of benzene rings is 2. The van der Waals surface area contributed by atoms with Crippen LogP contribution in [0.1, 0.15) is 51.5 Å². The average Bonchev–Trinajstić information content (AvgIpc) is 3.66. The molecular weight excluding hydrogens is 540 g/mol. The zero-order valence-electron chi connectivity index (χ0n) is 22.1. The van der Waals surface area contributed by atoms with Crippen molar-refractivity contribution >= 4 is 39.7 Å². The molecule has 3 aromatic rings. The summed E-state index contributed by atoms with van der Waals surface area (Å²) in [4.78, 5) is 44.6. The van der Waals surface area contributed by atoms with Crippen molar-refractivity contribution in [2.45, 2.75) is 38.5 Å². The van der Waals surface area contributed by atoms with Crippen molar-refractivity contribution in [1.29, 1.82) is 5.26 Å². The minimum atomic E-state index is -0.967. The highest BCUT2D eigenvalue weighted by Crippen LogP contribution is 2.56. The summed E-state index contributed by atoms with van der Waals surface area (Å²) in [6.07, 6.45) is 5.52. The zero-order chi connectivity index (χ0) is 28.0. The van der Waals surface area contributed by atoms with E-state index in [4.69, 9.17) is 14.2 Å². The van der Waals surface area contributed by atoms with Crippen molar-refractivity contribution in [3.05, 3.63) is 75.2 Å². The highest BCUT2D eigenvalue weighted by atomic mass is 32.1. The van der Waals surface area contributed by atoms with Gasteiger partial charge in [-0.2, -0.15) is 5.26 Å². The molecule has 3 aliphatic heterocycles. The first kappa shape index (κ1) is 24.4. The van der Waals surface area contributed by atoms with Gasteiger partial charge in [0.2, 0.25) is 18.6 Å². The van der Waals surface area contributed by atoms with E-state index >= 15 is 0 Å². The quantitative estimate of drug-likeness (QED) is 0.243. The van der Waals surface area contributed by atoms with Gasteiger partial charge in [-0.25, -0.2) is 4.90 Å². The van der Waals surface area contributed by atoms with Crippen LogP contribution in [0.5, 0.6) is 17.2 Å². The molecule has 0 spiro atoms. The summed E-state index contributed by atoms with van der Waals surface area (Å²) in [6, 6.07) is 13.5. The average molecular weight is 565 g/mol. The molecule has 0 N–H and O–H groups in total. The predicted molar refractivity (Wildman–Crippen MR) is 149 cm³/mol. The Labute approximate surface area is 239 Å². The molecule has 1 saturated heterocycles. The highest BCUT2D eigenvalue weighted by molar-refractivity contribution is 7.17. The van der Waals surface area contributed by atoms with Crippen LogP contribution in [0.2, 0.25) is 0 Å². The molecule has 4 heterocycles. The van der Waals surface area contributed by atoms with Crippen molar-refractivity contribution in [2.24, 2.45) is 17.8 Å². The monoisotopic (exact) mass is 564 g/mol. The van der Waals surface area contributed by atoms with Gasteiger partial charge in [-0.1, -0.05) is 24.3 Å². The summed E-state index contributed by atoms with van der Waals surface area (Å²) < 4.78 is 16.9. The Morgan fingerprint density at radius 1 is 0.951 bits per heavy atom. The molecule has 9 heteroatoms. The number of imide groups is 1. The summed E-state index contributed by atoms with van der Waals surface area (Å²) in [5, 5.41) is 10.5. The Morgan fingerprint density at radius 3 is 2.61 bits per heavy atom. The number of hydrogen-bond donors (Lipinski definition) is 0. The third-order valence-corrected chi connectivity index (χ3v) is 10.3. The molecule has 5 aliphatic rings. The van der Waals surface area contributed by atoms with Gasteiger partial charge in [-0.15, -0.1) is 11.3 Å². The standard InChI is InChI=1S/C32H24N2O6S/c1-15-6-8-17-20-12-19(16-7-9-22-24(11-16)39-14-38-22)26-28(27(20)32(37)40-23(17)10-15)30(36)34(29(26)35)31-21(13-33)18-4-2-3-5-25(18)41-31/h6-12,19,26-28H,2-5,14H2,1H3/t19-,26+,27-,28+/m1/s1. The van der Waals surface area contributed by atoms with Gasteiger partial charge in [-0.05, 0) is 73.1 Å². The number of carbonyl (C=O) groups excluding carboxylic acids is 3. The summed E-state index contributed by atoms with van der Waals surface area (Å²) in [7, 11) is 0. The zero-order valence-corrected chi connectivity index (χ0v) is 23.0. The van der Waals surface area contributed by atoms with Crippen LogP contribution in [-0.4, -0.2) is 24.6 Å². The molecule has 1 fully saturated rings. The van der Waals surface area contributed by atoms with E-state index in [-0.39, 0.29) is 6.79 Å². The smallest absolute Gasteiger partial charge is 0.319 e. The van der Waals surface area contributed by atoms with Gasteiger partial charge in [0.05, 0.1) is 23.3 Å². The molecule has 0 saturated carbocycles. The lowest BCUT2D eigenvalue weighted by Gasteiger charge is -2.38. The molecule has 41 heavy (non-hydrogen) atoms. The number of nitrogens with zero attached hydrogens (tertiary/aromatic N) is 2. The van der Waals surface area contributed by atoms with Gasteiger partial charge >= 0.3 is 5.97 Å². The van der Waals surface area contributed by atoms with E-state index in [1.807, 2.05) is 49.4 Å². The summed E-state index contributed by atoms with van der Waals surface area (Å²) in [6.45, 7) is 2.04. The Hall–Kier alpha value is -4.42. The number of ether oxygens (including phenoxy) is 3. The van der Waals surface area contributed by atoms with E-state index in [0.29, 0.717) is 33.4 Å². The van der Waals surface area contributed by atoms with Crippen molar-refractivity contribution < 1.29 is 28.6 Å². The van der Waals surface area contributed by atoms with Gasteiger partial charge in [0.15, 0.2) is 11.5 Å². The number of fused-ring (bicyclic) bond motifs is 7. The number of esters is 1. The van der Waals surface area contributed by atoms with Crippen molar-refractivity contribution in [1.82, 2.24) is 0 Å². The number of amides is 2. The van der Waals surface area contributed by atoms with Crippen LogP contribution in [0.3, 0.4) is 0 Å². The molecule has 0 radical (unpaired) electrons. The number of thiophene rings is 1. The van der Waals surface area contributed by atoms with Gasteiger partial charge < -0.3 is 14.2 Å². The second-order valence-electron chi connectivity index (χ2n) is 11.2. The number of aryl methyl sites for hydroxylation is 2. The maximum atomic E-state index is 14.4. The van der Waals surface area contributed by atoms with Gasteiger partial charge in [0.1, 0.15) is 16.8 Å². The first-order chi connectivity index (χ1) is 19.9. The Bertz CT molecular complexity index is 1780. The summed E-state index contributed by atoms with van der Waals surface area (Å²) in [5.74, 6) is -3.00. The number of hydrogen-bond acceptors (Lipinski definition) is 8. The molecule has 2 amide bonds. The fourth-order valence-electron chi connectivity index (χ4n) is 7.14. The number of nitriles is 1. The molecule has 0 unspecified atom stereocenters. The van der Waals surface area contributed by atoms with Crippen molar-refractivity contribution in [3.8, 4) is 23.3 Å². The van der Waals surface area contributed by atoms with E-state index < -0.39 is 41.5 Å². The maximum absolute atomic E-state index is 14.4. The van der Waals surface area contributed by atoms with Crippen LogP contribution in [-0.2, 0) is 27.2 Å². The fourth-order valence-corrected chi connectivity index (χ4v) is 8.49. The Kier molecular flexibility index (Phi) is 5.23. The van der Waals surface area contributed by atoms with Crippen LogP contribution in [0.4, 0.5) is 5.00 Å². The molecule has 1 aromatic heterocycles. The van der Waals surface area contributed by atoms with E-state index in [1.54, 1.807) is 0 Å². The topological polar surface area (TPSA) is 106 Å². The van der Waals surface area contributed by atoms with E-state index in [1.165, 1.54) is 16.2 Å². The summed E-state index contributed by atoms with van der Waals surface area (Å²) >= 11 is 1.36. The molecule has 4 atom stereocenters. The minimum absolute atomic E-state index is 0.114. The summed E-state index contributed by atoms with van der Waals surface area (Å²) in [5.41, 5.74) is 4.52. The first-order valence-corrected chi connectivity index (χ1v) is 14.6. The molecule has 8 nitrogen and oxygen atoms in total. The van der Waals surface area contributed by atoms with Crippen molar-refractivity contribution in [3.63, 3.8) is 0 Å². The van der Waals surface area contributed by atoms with Gasteiger partial charge in [-0.3, -0.25) is 14.4 Å². The van der Waals surface area contributed by atoms with E-state index in [2.05, 4.69) is 6.07 Å². The van der Waals surface area contributed by atoms with Gasteiger partial charge in [0.25, 0.3) is 0 Å². The van der Waals surface area contributed by atoms with E-state index in [0.717, 1.165) is 52.8 Å². The largest absolute Gasteiger partial charge is 0.454 e. The molecule has 204 valence electrons. The predicted octanol–water partition coefficient (Wildman–Crippen LogP) is 5.06. The number of carbonyl (C=O) groups is 3. The second kappa shape index (κ2) is 8.79. The Balaban J connectivity index is 1.32. The lowest BCUT2D eigenvalue weighted by Crippen LogP contribution is -2.42. The van der Waals surface area contributed by atoms with Crippen molar-refractivity contribution in [2.75, 3.05) is 11.7 Å². The fraction of sp³-hybridized carbons (Fsp3) is 0.312. The number of allylic oxidation sites excluding steroid dienone is 1. The number of anilines is 1. The normalized spacial score (nSPS) is 25.5. The SMILES string of the molecule is Cc1ccc2c(c1)OC(=O)[C@@H]1C2=C[C@H](c2ccc3c(c2)OCO3)[C@@H]2C(=O)N(c3sc4c(c3C#N)CCCC4)C(=O)[C@H]12. The highest BCUT2D eigenvalue weighted by Gasteiger charge is 2.61. The number of rotatable bonds is 2. The third-order valence-electron chi connectivity index (χ3n) is 9.00. The van der Waals surface area contributed by atoms with Crippen LogP contribution in [0.15, 0.2) is 42.5 Å². The molecule has 2 aliphatic carbocycles. The lowest BCUT2D eigenvalue weighted by atomic mass is 9.64. The third kappa shape index (κ3) is 3.40. The second-order valence-corrected chi connectivity index (χ2v) is 12.3. The first-order valence-electron chi connectivity index (χ1n) is 13.8. The van der Waals surface area contributed by atoms with Crippen LogP contribution in [0, 0.1) is 36.0 Å². The molecular formula is C32H24N2O6S. The lowest BCUT2D eigenvalue weighted by molar-refractivity contribution is -0.142. The minimum Gasteiger partial charge on any atom is -0.454 e. The maximum Gasteiger partial charge on any atom is 0.319 e.